The molecule has 107 heavy (non-hydrogen) atoms. The first kappa shape index (κ1) is 65.5. The van der Waals surface area contributed by atoms with E-state index < -0.39 is 24.2 Å². The minimum absolute atomic E-state index is 0.0354. The summed E-state index contributed by atoms with van der Waals surface area (Å²) in [4.78, 5) is 0. The average Bonchev–Trinajstić information content (AvgIpc) is 1.52. The summed E-state index contributed by atoms with van der Waals surface area (Å²) >= 11 is 0. The normalized spacial score (nSPS) is 24.9. The second kappa shape index (κ2) is 23.6. The van der Waals surface area contributed by atoms with E-state index in [4.69, 9.17) is 0 Å². The molecule has 15 aromatic rings. The van der Waals surface area contributed by atoms with Crippen molar-refractivity contribution in [3.8, 4) is 44.5 Å². The molecule has 0 radical (unpaired) electrons. The van der Waals surface area contributed by atoms with Crippen LogP contribution in [-0.4, -0.2) is 24.2 Å². The molecular weight excluding hydrogens is 1330 g/mol. The highest BCUT2D eigenvalue weighted by Crippen LogP contribution is 2.69. The molecule has 3 aliphatic carbocycles. The van der Waals surface area contributed by atoms with Crippen molar-refractivity contribution in [2.45, 2.75) is 150 Å². The summed E-state index contributed by atoms with van der Waals surface area (Å²) in [7, 11) is -8.13. The third-order valence-electron chi connectivity index (χ3n) is 31.2. The average molecular weight is 1430 g/mol. The van der Waals surface area contributed by atoms with Crippen molar-refractivity contribution in [2.75, 3.05) is 0 Å². The van der Waals surface area contributed by atoms with Gasteiger partial charge in [0.2, 0.25) is 0 Å². The summed E-state index contributed by atoms with van der Waals surface area (Å²) < 4.78 is 0. The molecule has 0 saturated heterocycles. The smallest absolute Gasteiger partial charge is 0.0624 e. The van der Waals surface area contributed by atoms with E-state index in [2.05, 4.69) is 357 Å². The van der Waals surface area contributed by atoms with Gasteiger partial charge in [-0.3, -0.25) is 0 Å². The van der Waals surface area contributed by atoms with Crippen LogP contribution in [0.5, 0.6) is 0 Å². The fourth-order valence-corrected chi connectivity index (χ4v) is 46.7. The van der Waals surface area contributed by atoms with Gasteiger partial charge in [0, 0.05) is 0 Å². The van der Waals surface area contributed by atoms with Gasteiger partial charge in [-0.2, -0.15) is 0 Å². The highest BCUT2D eigenvalue weighted by Gasteiger charge is 2.72. The molecule has 0 N–H and O–H groups in total. The zero-order chi connectivity index (χ0) is 71.9. The molecule has 21 rings (SSSR count). The Morgan fingerprint density at radius 1 is 0.215 bits per heavy atom. The predicted octanol–water partition coefficient (Wildman–Crippen LogP) is 21.6. The minimum Gasteiger partial charge on any atom is -0.0624 e. The second-order valence-electron chi connectivity index (χ2n) is 34.9. The molecule has 0 bridgehead atoms. The number of benzene rings is 15. The Balaban J connectivity index is 0.877. The molecule has 0 spiro atoms. The first-order chi connectivity index (χ1) is 52.3. The lowest BCUT2D eigenvalue weighted by molar-refractivity contribution is 0.241. The van der Waals surface area contributed by atoms with Gasteiger partial charge in [-0.1, -0.05) is 383 Å². The Hall–Kier alpha value is -9.75. The van der Waals surface area contributed by atoms with Crippen LogP contribution in [0.15, 0.2) is 315 Å². The molecule has 3 heterocycles. The molecule has 15 aromatic carbocycles. The van der Waals surface area contributed by atoms with Gasteiger partial charge in [0.05, 0.1) is 0 Å². The van der Waals surface area contributed by atoms with Gasteiger partial charge in [-0.15, -0.1) is 0 Å². The lowest BCUT2D eigenvalue weighted by Crippen LogP contribution is -2.72. The zero-order valence-corrected chi connectivity index (χ0v) is 66.0. The number of hydrogen-bond acceptors (Lipinski definition) is 0. The number of hydrogen-bond donors (Lipinski definition) is 0. The van der Waals surface area contributed by atoms with Crippen LogP contribution in [0.25, 0.3) is 87.6 Å². The van der Waals surface area contributed by atoms with Gasteiger partial charge in [0.1, 0.15) is 0 Å². The van der Waals surface area contributed by atoms with Crippen LogP contribution in [0.1, 0.15) is 135 Å². The number of fused-ring (bicyclic) bond motifs is 10. The summed E-state index contributed by atoms with van der Waals surface area (Å²) in [6.45, 7) is 16.3. The van der Waals surface area contributed by atoms with E-state index in [0.717, 1.165) is 0 Å². The fourth-order valence-electron chi connectivity index (χ4n) is 25.9. The van der Waals surface area contributed by atoms with Crippen LogP contribution in [0.4, 0.5) is 0 Å². The Kier molecular flexibility index (Phi) is 14.5. The van der Waals surface area contributed by atoms with Crippen molar-refractivity contribution < 1.29 is 0 Å². The van der Waals surface area contributed by atoms with Gasteiger partial charge in [-0.25, -0.2) is 0 Å². The Morgan fingerprint density at radius 3 is 0.813 bits per heavy atom. The second-order valence-corrected chi connectivity index (χ2v) is 47.8. The van der Waals surface area contributed by atoms with E-state index >= 15 is 0 Å². The van der Waals surface area contributed by atoms with Crippen LogP contribution in [-0.2, 0) is 16.2 Å². The largest absolute Gasteiger partial charge is 0.155 e. The molecule has 0 amide bonds. The number of rotatable bonds is 10. The highest BCUT2D eigenvalue weighted by atomic mass is 28.3. The van der Waals surface area contributed by atoms with Crippen molar-refractivity contribution in [1.29, 1.82) is 0 Å². The lowest BCUT2D eigenvalue weighted by Gasteiger charge is -2.54. The first-order valence-corrected chi connectivity index (χ1v) is 46.3. The first-order valence-electron chi connectivity index (χ1n) is 40.3. The van der Waals surface area contributed by atoms with Gasteiger partial charge < -0.3 is 0 Å². The maximum absolute atomic E-state index is 2.78. The molecule has 3 heteroatoms. The molecule has 522 valence electrons. The summed E-state index contributed by atoms with van der Waals surface area (Å²) in [6, 6.07) is 127. The SMILES string of the molecule is CC12CCCCC1(C)[Si](c1ccccc1)(c1ccccc1)c1ccc(-c3cc(-c4ccc5c(c4)C4(C)CCCCC4(C)[Si]5(c4ccccc4)c4ccccc4)c4ccc5c(-c6cccc7ccccc67)cc(-c6ccc7c(c6)C6(C)CCCCC6(C)[Si]7(c6ccccc6)c6ccccc6)c6ccc3c4c65)cc12. The molecule has 3 aliphatic heterocycles. The highest BCUT2D eigenvalue weighted by molar-refractivity contribution is 7.16. The third kappa shape index (κ3) is 8.28. The van der Waals surface area contributed by atoms with Crippen molar-refractivity contribution in [2.24, 2.45) is 0 Å². The van der Waals surface area contributed by atoms with Crippen molar-refractivity contribution >= 4 is 114 Å². The zero-order valence-electron chi connectivity index (χ0n) is 63.0. The Bertz CT molecular complexity index is 5750. The molecule has 6 aliphatic rings. The molecular formula is C104H94Si3. The van der Waals surface area contributed by atoms with E-state index in [9.17, 15) is 0 Å². The van der Waals surface area contributed by atoms with Crippen LogP contribution in [0.3, 0.4) is 0 Å². The summed E-state index contributed by atoms with van der Waals surface area (Å²) in [5, 5.41) is 24.8. The van der Waals surface area contributed by atoms with Crippen LogP contribution in [0.2, 0.25) is 15.1 Å². The van der Waals surface area contributed by atoms with Crippen LogP contribution < -0.4 is 46.7 Å². The van der Waals surface area contributed by atoms with Gasteiger partial charge in [0.15, 0.2) is 24.2 Å². The molecule has 0 nitrogen and oxygen atoms in total. The summed E-state index contributed by atoms with van der Waals surface area (Å²) in [5.74, 6) is 0. The summed E-state index contributed by atoms with van der Waals surface area (Å²) in [5.41, 5.74) is 15.2. The lowest BCUT2D eigenvalue weighted by atomic mass is 9.63. The van der Waals surface area contributed by atoms with Gasteiger partial charge >= 0.3 is 0 Å². The van der Waals surface area contributed by atoms with E-state index in [1.807, 2.05) is 0 Å². The van der Waals surface area contributed by atoms with Gasteiger partial charge in [-0.05, 0) is 233 Å². The van der Waals surface area contributed by atoms with E-state index in [-0.39, 0.29) is 31.4 Å². The monoisotopic (exact) mass is 1430 g/mol. The summed E-state index contributed by atoms with van der Waals surface area (Å²) in [6.07, 6.45) is 14.7. The minimum atomic E-state index is -2.72. The fraction of sp³-hybridized carbons (Fsp3) is 0.231. The Morgan fingerprint density at radius 2 is 0.486 bits per heavy atom. The quantitative estimate of drug-likeness (QED) is 0.0946. The molecule has 6 atom stereocenters. The standard InChI is InChI=1S/C104H94Si3/c1-99-60-27-30-63-102(99,4)105(75-36-13-7-14-37-75,76-38-15-8-16-39-76)94-57-50-72(66-91(94)99)87-69-88(73-51-58-95-92(67-73)100(2)61-28-31-64-103(100,5)106(95,77-40-17-9-18-41-77)78-42-19-10-20-43-78)84-55-56-86-90(82-49-33-35-71-34-25-26-48-81(71)82)70-89(85-54-53-83(87)97(84)98(85)86)74-52-59-96-93(68-74)101(3)62-29-32-65-104(101,6)107(96,79-44-21-11-22-45-79)80-46-23-12-24-47-80/h7-26,33-59,66-70H,27-32,60-65H2,1-6H3. The third-order valence-corrected chi connectivity index (χ3v) is 49.5. The van der Waals surface area contributed by atoms with Crippen LogP contribution >= 0.6 is 0 Å². The topological polar surface area (TPSA) is 0 Å². The molecule has 6 unspecified atom stereocenters. The molecule has 3 fully saturated rings. The van der Waals surface area contributed by atoms with Crippen molar-refractivity contribution in [1.82, 2.24) is 0 Å². The van der Waals surface area contributed by atoms with Crippen molar-refractivity contribution in [3.63, 3.8) is 0 Å². The Labute approximate surface area is 636 Å². The van der Waals surface area contributed by atoms with E-state index in [0.29, 0.717) is 0 Å². The molecule has 3 saturated carbocycles. The van der Waals surface area contributed by atoms with Gasteiger partial charge in [0.25, 0.3) is 0 Å². The van der Waals surface area contributed by atoms with E-state index in [1.165, 1.54) is 165 Å². The van der Waals surface area contributed by atoms with Crippen LogP contribution in [0, 0.1) is 0 Å². The maximum Gasteiger partial charge on any atom is 0.155 e. The van der Waals surface area contributed by atoms with Crippen molar-refractivity contribution in [3.05, 3.63) is 332 Å². The van der Waals surface area contributed by atoms with E-state index in [1.54, 1.807) is 63.4 Å². The molecule has 0 aromatic heterocycles. The predicted molar refractivity (Wildman–Crippen MR) is 465 cm³/mol. The maximum atomic E-state index is 2.78.